The van der Waals surface area contributed by atoms with E-state index in [1.807, 2.05) is 24.3 Å². The van der Waals surface area contributed by atoms with Gasteiger partial charge in [0, 0.05) is 38.2 Å². The first-order valence-corrected chi connectivity index (χ1v) is 21.0. The molecule has 290 valence electrons. The summed E-state index contributed by atoms with van der Waals surface area (Å²) in [5.41, 5.74) is 14.2. The number of hydrogen-bond donors (Lipinski definition) is 0. The van der Waals surface area contributed by atoms with Gasteiger partial charge in [-0.3, -0.25) is 4.57 Å². The summed E-state index contributed by atoms with van der Waals surface area (Å²) in [6, 6.07) is 79.3. The van der Waals surface area contributed by atoms with Crippen molar-refractivity contribution in [1.29, 1.82) is 0 Å². The Morgan fingerprint density at radius 1 is 0.290 bits per heavy atom. The lowest BCUT2D eigenvalue weighted by Gasteiger charge is -2.17. The maximum absolute atomic E-state index is 5.34. The van der Waals surface area contributed by atoms with E-state index >= 15 is 0 Å². The Labute approximate surface area is 358 Å². The first kappa shape index (κ1) is 35.5. The molecule has 0 fully saturated rings. The number of fused-ring (bicyclic) bond motifs is 7. The Bertz CT molecular complexity index is 3610. The molecule has 0 bridgehead atoms. The van der Waals surface area contributed by atoms with Crippen LogP contribution >= 0.6 is 0 Å². The first-order chi connectivity index (χ1) is 30.8. The lowest BCUT2D eigenvalue weighted by Crippen LogP contribution is -2.06. The molecule has 0 aliphatic heterocycles. The summed E-state index contributed by atoms with van der Waals surface area (Å²) < 4.78 is 4.70. The molecule has 0 saturated heterocycles. The van der Waals surface area contributed by atoms with Gasteiger partial charge in [-0.25, -0.2) is 4.98 Å². The van der Waals surface area contributed by atoms with Crippen molar-refractivity contribution in [3.8, 4) is 67.8 Å². The van der Waals surface area contributed by atoms with Crippen molar-refractivity contribution in [3.63, 3.8) is 0 Å². The van der Waals surface area contributed by atoms with E-state index in [9.17, 15) is 0 Å². The third-order valence-corrected chi connectivity index (χ3v) is 12.0. The predicted molar refractivity (Wildman–Crippen MR) is 256 cm³/mol. The zero-order valence-corrected chi connectivity index (χ0v) is 33.6. The van der Waals surface area contributed by atoms with E-state index in [4.69, 9.17) is 15.0 Å². The van der Waals surface area contributed by atoms with Crippen molar-refractivity contribution in [1.82, 2.24) is 24.1 Å². The fourth-order valence-electron chi connectivity index (χ4n) is 9.14. The molecule has 0 spiro atoms. The van der Waals surface area contributed by atoms with Crippen molar-refractivity contribution in [3.05, 3.63) is 224 Å². The molecule has 0 radical (unpaired) electrons. The van der Waals surface area contributed by atoms with Crippen LogP contribution in [0.3, 0.4) is 0 Å². The molecule has 0 amide bonds. The van der Waals surface area contributed by atoms with Crippen LogP contribution in [0, 0.1) is 0 Å². The molecule has 0 unspecified atom stereocenters. The van der Waals surface area contributed by atoms with Crippen molar-refractivity contribution in [2.75, 3.05) is 0 Å². The molecule has 12 aromatic rings. The van der Waals surface area contributed by atoms with Crippen LogP contribution in [0.4, 0.5) is 0 Å². The SMILES string of the molecule is c1ccc(-c2cccc(-c3nc(-c4ccccc4)nc(-n4c5ccccc5c5c4ccc4c6ccccc6n(-c6ccc(-c7ccccc7)cc6-c6ccccc6)c45)n3)c2)cc1. The fraction of sp³-hybridized carbons (Fsp3) is 0. The van der Waals surface area contributed by atoms with Crippen LogP contribution in [0.2, 0.25) is 0 Å². The molecule has 5 heteroatoms. The van der Waals surface area contributed by atoms with Gasteiger partial charge < -0.3 is 4.57 Å². The number of hydrogen-bond acceptors (Lipinski definition) is 3. The highest BCUT2D eigenvalue weighted by Gasteiger charge is 2.24. The number of rotatable bonds is 7. The van der Waals surface area contributed by atoms with E-state index in [1.165, 1.54) is 21.9 Å². The Hall–Kier alpha value is -8.41. The van der Waals surface area contributed by atoms with Crippen molar-refractivity contribution in [2.45, 2.75) is 0 Å². The minimum absolute atomic E-state index is 0.560. The van der Waals surface area contributed by atoms with Gasteiger partial charge in [-0.05, 0) is 64.2 Å². The maximum atomic E-state index is 5.34. The van der Waals surface area contributed by atoms with Crippen LogP contribution in [-0.2, 0) is 0 Å². The Balaban J connectivity index is 1.16. The normalized spacial score (nSPS) is 11.5. The third kappa shape index (κ3) is 5.90. The molecule has 0 atom stereocenters. The second-order valence-corrected chi connectivity index (χ2v) is 15.6. The van der Waals surface area contributed by atoms with Gasteiger partial charge in [0.2, 0.25) is 5.95 Å². The Kier molecular flexibility index (Phi) is 8.42. The van der Waals surface area contributed by atoms with Crippen LogP contribution in [0.15, 0.2) is 224 Å². The highest BCUT2D eigenvalue weighted by molar-refractivity contribution is 6.26. The van der Waals surface area contributed by atoms with Gasteiger partial charge in [0.15, 0.2) is 11.6 Å². The second-order valence-electron chi connectivity index (χ2n) is 15.6. The summed E-state index contributed by atoms with van der Waals surface area (Å²) in [4.78, 5) is 15.8. The van der Waals surface area contributed by atoms with E-state index in [-0.39, 0.29) is 0 Å². The zero-order chi connectivity index (χ0) is 41.0. The highest BCUT2D eigenvalue weighted by atomic mass is 15.2. The van der Waals surface area contributed by atoms with E-state index in [2.05, 4.69) is 209 Å². The van der Waals surface area contributed by atoms with Gasteiger partial charge in [-0.2, -0.15) is 9.97 Å². The van der Waals surface area contributed by atoms with Gasteiger partial charge in [-0.1, -0.05) is 188 Å². The summed E-state index contributed by atoms with van der Waals surface area (Å²) in [6.07, 6.45) is 0. The zero-order valence-electron chi connectivity index (χ0n) is 33.6. The molecule has 12 rings (SSSR count). The first-order valence-electron chi connectivity index (χ1n) is 21.0. The Morgan fingerprint density at radius 2 is 0.806 bits per heavy atom. The van der Waals surface area contributed by atoms with E-state index in [1.54, 1.807) is 0 Å². The van der Waals surface area contributed by atoms with Gasteiger partial charge in [0.1, 0.15) is 0 Å². The van der Waals surface area contributed by atoms with Crippen molar-refractivity contribution >= 4 is 43.6 Å². The van der Waals surface area contributed by atoms with E-state index in [0.717, 1.165) is 71.9 Å². The van der Waals surface area contributed by atoms with Crippen LogP contribution in [0.1, 0.15) is 0 Å². The predicted octanol–water partition coefficient (Wildman–Crippen LogP) is 14.4. The lowest BCUT2D eigenvalue weighted by molar-refractivity contribution is 0.953. The summed E-state index contributed by atoms with van der Waals surface area (Å²) in [7, 11) is 0. The smallest absolute Gasteiger partial charge is 0.238 e. The molecule has 3 aromatic heterocycles. The van der Waals surface area contributed by atoms with Gasteiger partial charge in [0.05, 0.1) is 27.8 Å². The summed E-state index contributed by atoms with van der Waals surface area (Å²) in [5.74, 6) is 1.78. The average molecular weight is 792 g/mol. The third-order valence-electron chi connectivity index (χ3n) is 12.0. The van der Waals surface area contributed by atoms with Crippen LogP contribution < -0.4 is 0 Å². The number of para-hydroxylation sites is 2. The molecular weight excluding hydrogens is 755 g/mol. The van der Waals surface area contributed by atoms with Crippen LogP contribution in [0.5, 0.6) is 0 Å². The number of nitrogens with zero attached hydrogens (tertiary/aromatic N) is 5. The molecule has 5 nitrogen and oxygen atoms in total. The Morgan fingerprint density at radius 3 is 1.48 bits per heavy atom. The molecule has 0 N–H and O–H groups in total. The summed E-state index contributed by atoms with van der Waals surface area (Å²) in [6.45, 7) is 0. The largest absolute Gasteiger partial charge is 0.308 e. The summed E-state index contributed by atoms with van der Waals surface area (Å²) in [5, 5.41) is 4.63. The van der Waals surface area contributed by atoms with Crippen molar-refractivity contribution in [2.24, 2.45) is 0 Å². The molecule has 62 heavy (non-hydrogen) atoms. The van der Waals surface area contributed by atoms with E-state index < -0.39 is 0 Å². The molecule has 3 heterocycles. The average Bonchev–Trinajstić information content (AvgIpc) is 3.88. The number of aromatic nitrogens is 5. The lowest BCUT2D eigenvalue weighted by atomic mass is 9.97. The van der Waals surface area contributed by atoms with Crippen LogP contribution in [0.25, 0.3) is 111 Å². The monoisotopic (exact) mass is 791 g/mol. The topological polar surface area (TPSA) is 48.5 Å². The van der Waals surface area contributed by atoms with Gasteiger partial charge >= 0.3 is 0 Å². The second kappa shape index (κ2) is 14.7. The van der Waals surface area contributed by atoms with Crippen LogP contribution in [-0.4, -0.2) is 24.1 Å². The molecule has 9 aromatic carbocycles. The van der Waals surface area contributed by atoms with Crippen molar-refractivity contribution < 1.29 is 0 Å². The van der Waals surface area contributed by atoms with E-state index in [0.29, 0.717) is 17.6 Å². The molecule has 0 aliphatic rings. The molecular formula is C57H37N5. The standard InChI is InChI=1S/C57H37N5/c1-5-18-38(19-6-1)42-26-17-27-44(36-42)56-58-55(41-24-11-4-12-25-41)59-57(60-56)62-50-31-16-14-29-47(50)53-52(62)35-33-46-45-28-13-15-30-49(45)61(54(46)53)51-34-32-43(39-20-7-2-8-21-39)37-48(51)40-22-9-3-10-23-40/h1-37H. The minimum atomic E-state index is 0.560. The highest BCUT2D eigenvalue weighted by Crippen LogP contribution is 2.44. The quantitative estimate of drug-likeness (QED) is 0.162. The summed E-state index contributed by atoms with van der Waals surface area (Å²) >= 11 is 0. The minimum Gasteiger partial charge on any atom is -0.308 e. The van der Waals surface area contributed by atoms with Gasteiger partial charge in [0.25, 0.3) is 0 Å². The maximum Gasteiger partial charge on any atom is 0.238 e. The number of benzene rings is 9. The van der Waals surface area contributed by atoms with Gasteiger partial charge in [-0.15, -0.1) is 0 Å². The fourth-order valence-corrected chi connectivity index (χ4v) is 9.14. The molecule has 0 aliphatic carbocycles. The molecule has 0 saturated carbocycles.